The number of hydrogen-bond donors (Lipinski definition) is 0. The molecule has 0 fully saturated rings. The Hall–Kier alpha value is -1.11. The first kappa shape index (κ1) is 13.0. The monoisotopic (exact) mass is 218 g/mol. The fourth-order valence-corrected chi connectivity index (χ4v) is 2.08. The Balaban J connectivity index is 3.17. The Kier molecular flexibility index (Phi) is 3.90. The topological polar surface area (TPSA) is 17.1 Å². The number of benzene rings is 1. The molecule has 0 bridgehead atoms. The molecule has 0 saturated carbocycles. The van der Waals surface area contributed by atoms with Crippen molar-refractivity contribution >= 4 is 6.29 Å². The molecule has 0 aliphatic carbocycles. The highest BCUT2D eigenvalue weighted by molar-refractivity contribution is 5.50. The van der Waals surface area contributed by atoms with E-state index in [0.717, 1.165) is 12.7 Å². The summed E-state index contributed by atoms with van der Waals surface area (Å²) in [5, 5.41) is 0. The van der Waals surface area contributed by atoms with Crippen molar-refractivity contribution in [1.82, 2.24) is 0 Å². The maximum Gasteiger partial charge on any atom is 0.120 e. The highest BCUT2D eigenvalue weighted by Gasteiger charge is 2.17. The van der Waals surface area contributed by atoms with Gasteiger partial charge in [0.1, 0.15) is 6.29 Å². The second kappa shape index (κ2) is 4.82. The maximum absolute atomic E-state index is 10.4. The van der Waals surface area contributed by atoms with Gasteiger partial charge in [0.15, 0.2) is 0 Å². The van der Waals surface area contributed by atoms with Gasteiger partial charge < -0.3 is 4.79 Å². The minimum atomic E-state index is 0.173. The molecular formula is C15H22O. The van der Waals surface area contributed by atoms with Crippen LogP contribution >= 0.6 is 0 Å². The van der Waals surface area contributed by atoms with Gasteiger partial charge in [-0.25, -0.2) is 0 Å². The third kappa shape index (κ3) is 2.94. The standard InChI is InChI=1S/C15H22O/c1-11-9-13(7-6-8-16)10-14(12(11)2)15(3,4)5/h8-10H,6-7H2,1-5H3. The Morgan fingerprint density at radius 2 is 1.81 bits per heavy atom. The Labute approximate surface area is 98.9 Å². The highest BCUT2D eigenvalue weighted by atomic mass is 16.1. The van der Waals surface area contributed by atoms with Gasteiger partial charge >= 0.3 is 0 Å². The van der Waals surface area contributed by atoms with E-state index in [4.69, 9.17) is 0 Å². The van der Waals surface area contributed by atoms with Gasteiger partial charge in [0.2, 0.25) is 0 Å². The molecule has 0 N–H and O–H groups in total. The van der Waals surface area contributed by atoms with E-state index >= 15 is 0 Å². The molecule has 0 aromatic heterocycles. The molecule has 0 unspecified atom stereocenters. The molecule has 88 valence electrons. The molecule has 0 atom stereocenters. The SMILES string of the molecule is Cc1cc(CCC=O)cc(C(C)(C)C)c1C. The quantitative estimate of drug-likeness (QED) is 0.706. The molecule has 1 rings (SSSR count). The molecule has 1 nitrogen and oxygen atoms in total. The fourth-order valence-electron chi connectivity index (χ4n) is 2.08. The van der Waals surface area contributed by atoms with Gasteiger partial charge in [0.25, 0.3) is 0 Å². The molecule has 0 amide bonds. The number of aldehydes is 1. The molecular weight excluding hydrogens is 196 g/mol. The van der Waals surface area contributed by atoms with Gasteiger partial charge in [0, 0.05) is 6.42 Å². The summed E-state index contributed by atoms with van der Waals surface area (Å²) in [7, 11) is 0. The van der Waals surface area contributed by atoms with E-state index in [1.807, 2.05) is 0 Å². The van der Waals surface area contributed by atoms with Crippen LogP contribution in [0.5, 0.6) is 0 Å². The van der Waals surface area contributed by atoms with Crippen molar-refractivity contribution < 1.29 is 4.79 Å². The zero-order chi connectivity index (χ0) is 12.3. The van der Waals surface area contributed by atoms with Crippen LogP contribution in [0.15, 0.2) is 12.1 Å². The predicted octanol–water partition coefficient (Wildman–Crippen LogP) is 3.73. The number of aryl methyl sites for hydroxylation is 2. The van der Waals surface area contributed by atoms with E-state index in [2.05, 4.69) is 46.8 Å². The van der Waals surface area contributed by atoms with Gasteiger partial charge in [-0.15, -0.1) is 0 Å². The summed E-state index contributed by atoms with van der Waals surface area (Å²) >= 11 is 0. The summed E-state index contributed by atoms with van der Waals surface area (Å²) in [6, 6.07) is 4.46. The molecule has 1 heteroatoms. The summed E-state index contributed by atoms with van der Waals surface area (Å²) in [4.78, 5) is 10.4. The van der Waals surface area contributed by atoms with Crippen molar-refractivity contribution in [2.24, 2.45) is 0 Å². The van der Waals surface area contributed by atoms with Crippen molar-refractivity contribution in [2.45, 2.75) is 52.9 Å². The van der Waals surface area contributed by atoms with Crippen LogP contribution in [0, 0.1) is 13.8 Å². The first-order valence-electron chi connectivity index (χ1n) is 5.90. The number of carbonyl (C=O) groups excluding carboxylic acids is 1. The smallest absolute Gasteiger partial charge is 0.120 e. The summed E-state index contributed by atoms with van der Waals surface area (Å²) in [5.74, 6) is 0. The average molecular weight is 218 g/mol. The Morgan fingerprint density at radius 1 is 1.19 bits per heavy atom. The van der Waals surface area contributed by atoms with Gasteiger partial charge in [-0.1, -0.05) is 32.9 Å². The van der Waals surface area contributed by atoms with Gasteiger partial charge in [-0.05, 0) is 47.9 Å². The summed E-state index contributed by atoms with van der Waals surface area (Å²) in [6.45, 7) is 11.0. The van der Waals surface area contributed by atoms with Crippen LogP contribution in [0.2, 0.25) is 0 Å². The fraction of sp³-hybridized carbons (Fsp3) is 0.533. The summed E-state index contributed by atoms with van der Waals surface area (Å²) < 4.78 is 0. The molecule has 0 radical (unpaired) electrons. The zero-order valence-electron chi connectivity index (χ0n) is 11.1. The Morgan fingerprint density at radius 3 is 2.31 bits per heavy atom. The molecule has 0 spiro atoms. The normalized spacial score (nSPS) is 11.6. The van der Waals surface area contributed by atoms with Crippen molar-refractivity contribution in [3.05, 3.63) is 34.4 Å². The minimum absolute atomic E-state index is 0.173. The predicted molar refractivity (Wildman–Crippen MR) is 69.0 cm³/mol. The number of carbonyl (C=O) groups is 1. The molecule has 0 aliphatic rings. The molecule has 0 aliphatic heterocycles. The molecule has 1 aromatic carbocycles. The second-order valence-electron chi connectivity index (χ2n) is 5.54. The average Bonchev–Trinajstić information content (AvgIpc) is 2.17. The van der Waals surface area contributed by atoms with E-state index in [9.17, 15) is 4.79 Å². The third-order valence-electron chi connectivity index (χ3n) is 3.09. The lowest BCUT2D eigenvalue weighted by atomic mass is 9.81. The van der Waals surface area contributed by atoms with Crippen molar-refractivity contribution in [1.29, 1.82) is 0 Å². The lowest BCUT2D eigenvalue weighted by Crippen LogP contribution is -2.14. The number of hydrogen-bond acceptors (Lipinski definition) is 1. The third-order valence-corrected chi connectivity index (χ3v) is 3.09. The van der Waals surface area contributed by atoms with Crippen LogP contribution in [0.1, 0.15) is 49.4 Å². The van der Waals surface area contributed by atoms with E-state index < -0.39 is 0 Å². The highest BCUT2D eigenvalue weighted by Crippen LogP contribution is 2.29. The van der Waals surface area contributed by atoms with Gasteiger partial charge in [-0.2, -0.15) is 0 Å². The molecule has 0 heterocycles. The van der Waals surface area contributed by atoms with E-state index in [1.165, 1.54) is 22.3 Å². The van der Waals surface area contributed by atoms with Crippen LogP contribution in [0.4, 0.5) is 0 Å². The molecule has 16 heavy (non-hydrogen) atoms. The van der Waals surface area contributed by atoms with E-state index in [-0.39, 0.29) is 5.41 Å². The zero-order valence-corrected chi connectivity index (χ0v) is 11.1. The van der Waals surface area contributed by atoms with Gasteiger partial charge in [0.05, 0.1) is 0 Å². The molecule has 1 aromatic rings. The van der Waals surface area contributed by atoms with Crippen LogP contribution in [-0.4, -0.2) is 6.29 Å². The Bertz CT molecular complexity index is 383. The lowest BCUT2D eigenvalue weighted by molar-refractivity contribution is -0.107. The number of rotatable bonds is 3. The first-order chi connectivity index (χ1) is 7.36. The van der Waals surface area contributed by atoms with Crippen molar-refractivity contribution in [3.8, 4) is 0 Å². The second-order valence-corrected chi connectivity index (χ2v) is 5.54. The van der Waals surface area contributed by atoms with Crippen LogP contribution in [0.25, 0.3) is 0 Å². The van der Waals surface area contributed by atoms with Crippen LogP contribution < -0.4 is 0 Å². The van der Waals surface area contributed by atoms with Crippen LogP contribution in [0.3, 0.4) is 0 Å². The maximum atomic E-state index is 10.4. The summed E-state index contributed by atoms with van der Waals surface area (Å²) in [5.41, 5.74) is 5.55. The van der Waals surface area contributed by atoms with Crippen molar-refractivity contribution in [2.75, 3.05) is 0 Å². The summed E-state index contributed by atoms with van der Waals surface area (Å²) in [6.07, 6.45) is 2.46. The largest absolute Gasteiger partial charge is 0.303 e. The first-order valence-corrected chi connectivity index (χ1v) is 5.90. The van der Waals surface area contributed by atoms with E-state index in [0.29, 0.717) is 6.42 Å². The van der Waals surface area contributed by atoms with Crippen LogP contribution in [-0.2, 0) is 16.6 Å². The van der Waals surface area contributed by atoms with Gasteiger partial charge in [-0.3, -0.25) is 0 Å². The van der Waals surface area contributed by atoms with Crippen molar-refractivity contribution in [3.63, 3.8) is 0 Å². The van der Waals surface area contributed by atoms with E-state index in [1.54, 1.807) is 0 Å². The lowest BCUT2D eigenvalue weighted by Gasteiger charge is -2.24. The minimum Gasteiger partial charge on any atom is -0.303 e. The molecule has 0 saturated heterocycles.